The zero-order chi connectivity index (χ0) is 16.2. The molecule has 0 bridgehead atoms. The third-order valence-electron chi connectivity index (χ3n) is 3.09. The second-order valence-corrected chi connectivity index (χ2v) is 6.79. The van der Waals surface area contributed by atoms with E-state index in [2.05, 4.69) is 4.98 Å². The average molecular weight is 324 g/mol. The Balaban J connectivity index is 2.05. The number of rotatable bonds is 7. The van der Waals surface area contributed by atoms with Crippen molar-refractivity contribution in [3.05, 3.63) is 58.5 Å². The number of benzene rings is 1. The molecule has 0 N–H and O–H groups in total. The van der Waals surface area contributed by atoms with E-state index in [1.54, 1.807) is 0 Å². The largest absolute Gasteiger partial charge is 0.381 e. The first-order valence-corrected chi connectivity index (χ1v) is 8.36. The van der Waals surface area contributed by atoms with Crippen LogP contribution in [0.5, 0.6) is 0 Å². The van der Waals surface area contributed by atoms with Crippen molar-refractivity contribution in [3.63, 3.8) is 0 Å². The molecule has 1 aromatic carbocycles. The van der Waals surface area contributed by atoms with Crippen LogP contribution in [0.2, 0.25) is 0 Å². The third-order valence-corrected chi connectivity index (χ3v) is 4.33. The summed E-state index contributed by atoms with van der Waals surface area (Å²) in [6.45, 7) is 0.762. The molecule has 0 saturated heterocycles. The Morgan fingerprint density at radius 1 is 1.32 bits per heavy atom. The van der Waals surface area contributed by atoms with Gasteiger partial charge in [-0.2, -0.15) is 4.31 Å². The minimum atomic E-state index is -3.38. The predicted molar refractivity (Wildman–Crippen MR) is 80.6 cm³/mol. The minimum Gasteiger partial charge on any atom is -0.358 e. The molecular formula is C13H16N4O4S. The van der Waals surface area contributed by atoms with Gasteiger partial charge in [0.25, 0.3) is 0 Å². The first-order valence-electron chi connectivity index (χ1n) is 6.51. The van der Waals surface area contributed by atoms with Crippen LogP contribution in [0.15, 0.2) is 42.9 Å². The molecule has 9 heteroatoms. The SMILES string of the molecule is CS(=O)(=O)N(CCn1cnc([N+](=O)[O-])c1)Cc1ccccc1. The second-order valence-electron chi connectivity index (χ2n) is 4.81. The smallest absolute Gasteiger partial charge is 0.358 e. The monoisotopic (exact) mass is 324 g/mol. The van der Waals surface area contributed by atoms with Crippen molar-refractivity contribution in [3.8, 4) is 0 Å². The second kappa shape index (κ2) is 6.67. The highest BCUT2D eigenvalue weighted by Gasteiger charge is 2.18. The van der Waals surface area contributed by atoms with E-state index in [9.17, 15) is 18.5 Å². The molecule has 0 atom stereocenters. The lowest BCUT2D eigenvalue weighted by Crippen LogP contribution is -2.32. The Morgan fingerprint density at radius 2 is 2.00 bits per heavy atom. The maximum Gasteiger partial charge on any atom is 0.381 e. The van der Waals surface area contributed by atoms with Crippen molar-refractivity contribution in [2.45, 2.75) is 13.1 Å². The number of hydrogen-bond donors (Lipinski definition) is 0. The number of imidazole rings is 1. The van der Waals surface area contributed by atoms with Crippen LogP contribution in [0.3, 0.4) is 0 Å². The Labute approximate surface area is 128 Å². The maximum atomic E-state index is 11.9. The Kier molecular flexibility index (Phi) is 4.88. The van der Waals surface area contributed by atoms with Crippen molar-refractivity contribution in [2.75, 3.05) is 12.8 Å². The average Bonchev–Trinajstić information content (AvgIpc) is 2.92. The fourth-order valence-electron chi connectivity index (χ4n) is 1.94. The number of nitro groups is 1. The van der Waals surface area contributed by atoms with Crippen LogP contribution in [-0.4, -0.2) is 40.0 Å². The molecule has 0 aliphatic heterocycles. The van der Waals surface area contributed by atoms with E-state index >= 15 is 0 Å². The lowest BCUT2D eigenvalue weighted by molar-refractivity contribution is -0.389. The van der Waals surface area contributed by atoms with Crippen LogP contribution >= 0.6 is 0 Å². The van der Waals surface area contributed by atoms with E-state index in [1.807, 2.05) is 30.3 Å². The molecule has 0 aliphatic rings. The molecule has 0 radical (unpaired) electrons. The molecule has 0 spiro atoms. The summed E-state index contributed by atoms with van der Waals surface area (Å²) in [4.78, 5) is 13.6. The molecule has 0 amide bonds. The first-order chi connectivity index (χ1) is 10.4. The summed E-state index contributed by atoms with van der Waals surface area (Å²) in [6.07, 6.45) is 3.75. The summed E-state index contributed by atoms with van der Waals surface area (Å²) in [5.41, 5.74) is 0.879. The number of nitrogens with zero attached hydrogens (tertiary/aromatic N) is 4. The molecule has 0 aliphatic carbocycles. The van der Waals surface area contributed by atoms with Crippen molar-refractivity contribution >= 4 is 15.8 Å². The summed E-state index contributed by atoms with van der Waals surface area (Å²) >= 11 is 0. The molecule has 0 saturated carbocycles. The van der Waals surface area contributed by atoms with Crippen LogP contribution in [0.4, 0.5) is 5.82 Å². The van der Waals surface area contributed by atoms with Gasteiger partial charge in [0.15, 0.2) is 0 Å². The van der Waals surface area contributed by atoms with E-state index in [0.29, 0.717) is 6.54 Å². The minimum absolute atomic E-state index is 0.210. The molecule has 1 aromatic heterocycles. The molecule has 2 aromatic rings. The lowest BCUT2D eigenvalue weighted by Gasteiger charge is -2.19. The summed E-state index contributed by atoms with van der Waals surface area (Å²) < 4.78 is 26.6. The van der Waals surface area contributed by atoms with Gasteiger partial charge < -0.3 is 14.7 Å². The van der Waals surface area contributed by atoms with E-state index in [4.69, 9.17) is 0 Å². The van der Waals surface area contributed by atoms with Crippen LogP contribution in [0.25, 0.3) is 0 Å². The number of hydrogen-bond acceptors (Lipinski definition) is 5. The molecule has 0 unspecified atom stereocenters. The first kappa shape index (κ1) is 16.1. The van der Waals surface area contributed by atoms with E-state index < -0.39 is 14.9 Å². The van der Waals surface area contributed by atoms with Gasteiger partial charge in [-0.25, -0.2) is 8.42 Å². The van der Waals surface area contributed by atoms with Crippen LogP contribution < -0.4 is 0 Å². The number of aromatic nitrogens is 2. The molecule has 8 nitrogen and oxygen atoms in total. The van der Waals surface area contributed by atoms with Gasteiger partial charge in [-0.15, -0.1) is 0 Å². The molecule has 1 heterocycles. The van der Waals surface area contributed by atoms with Crippen LogP contribution in [-0.2, 0) is 23.1 Å². The van der Waals surface area contributed by atoms with Gasteiger partial charge in [0.2, 0.25) is 16.4 Å². The summed E-state index contributed by atoms with van der Waals surface area (Å²) in [5.74, 6) is -0.256. The van der Waals surface area contributed by atoms with Crippen molar-refractivity contribution in [1.82, 2.24) is 13.9 Å². The molecule has 2 rings (SSSR count). The van der Waals surface area contributed by atoms with Crippen LogP contribution in [0, 0.1) is 10.1 Å². The van der Waals surface area contributed by atoms with Gasteiger partial charge in [0.1, 0.15) is 6.20 Å². The zero-order valence-electron chi connectivity index (χ0n) is 12.0. The van der Waals surface area contributed by atoms with Crippen molar-refractivity contribution in [1.29, 1.82) is 0 Å². The highest BCUT2D eigenvalue weighted by atomic mass is 32.2. The molecule has 118 valence electrons. The highest BCUT2D eigenvalue weighted by molar-refractivity contribution is 7.88. The lowest BCUT2D eigenvalue weighted by atomic mass is 10.2. The fraction of sp³-hybridized carbons (Fsp3) is 0.308. The van der Waals surface area contributed by atoms with E-state index in [1.165, 1.54) is 21.4 Å². The van der Waals surface area contributed by atoms with Gasteiger partial charge in [-0.3, -0.25) is 0 Å². The highest BCUT2D eigenvalue weighted by Crippen LogP contribution is 2.10. The number of sulfonamides is 1. The van der Waals surface area contributed by atoms with E-state index in [0.717, 1.165) is 11.8 Å². The van der Waals surface area contributed by atoms with Gasteiger partial charge in [-0.05, 0) is 15.5 Å². The Hall–Kier alpha value is -2.26. The van der Waals surface area contributed by atoms with Crippen molar-refractivity contribution in [2.24, 2.45) is 0 Å². The van der Waals surface area contributed by atoms with Gasteiger partial charge in [0.05, 0.1) is 6.26 Å². The topological polar surface area (TPSA) is 98.3 Å². The third kappa shape index (κ3) is 4.37. The standard InChI is InChI=1S/C13H16N4O4S/c1-22(20,21)16(9-12-5-3-2-4-6-12)8-7-15-10-13(14-11-15)17(18)19/h2-6,10-11H,7-9H2,1H3. The summed E-state index contributed by atoms with van der Waals surface area (Å²) in [5, 5.41) is 10.6. The quantitative estimate of drug-likeness (QED) is 0.564. The maximum absolute atomic E-state index is 11.9. The van der Waals surface area contributed by atoms with Gasteiger partial charge >= 0.3 is 5.82 Å². The fourth-order valence-corrected chi connectivity index (χ4v) is 2.74. The molecule has 0 fully saturated rings. The van der Waals surface area contributed by atoms with Crippen LogP contribution in [0.1, 0.15) is 5.56 Å². The zero-order valence-corrected chi connectivity index (χ0v) is 12.8. The molecule has 22 heavy (non-hydrogen) atoms. The summed E-state index contributed by atoms with van der Waals surface area (Å²) in [7, 11) is -3.38. The van der Waals surface area contributed by atoms with E-state index in [-0.39, 0.29) is 18.9 Å². The summed E-state index contributed by atoms with van der Waals surface area (Å²) in [6, 6.07) is 9.24. The normalized spacial score (nSPS) is 11.7. The van der Waals surface area contributed by atoms with Gasteiger partial charge in [0, 0.05) is 19.6 Å². The van der Waals surface area contributed by atoms with Crippen molar-refractivity contribution < 1.29 is 13.3 Å². The Bertz CT molecular complexity index is 742. The molecular weight excluding hydrogens is 308 g/mol. The Morgan fingerprint density at radius 3 is 2.55 bits per heavy atom. The predicted octanol–water partition coefficient (Wildman–Crippen LogP) is 1.25. The van der Waals surface area contributed by atoms with Gasteiger partial charge in [-0.1, -0.05) is 30.3 Å².